The van der Waals surface area contributed by atoms with Crippen LogP contribution in [0.2, 0.25) is 0 Å². The second-order valence-electron chi connectivity index (χ2n) is 18.7. The van der Waals surface area contributed by atoms with Gasteiger partial charge in [0.2, 0.25) is 0 Å². The lowest BCUT2D eigenvalue weighted by atomic mass is 9.77. The summed E-state index contributed by atoms with van der Waals surface area (Å²) in [6.45, 7) is 36.2. The van der Waals surface area contributed by atoms with E-state index < -0.39 is 0 Å². The van der Waals surface area contributed by atoms with Crippen LogP contribution in [0.4, 0.5) is 17.1 Å². The summed E-state index contributed by atoms with van der Waals surface area (Å²) in [6.07, 6.45) is 24.3. The average molecular weight is 938 g/mol. The summed E-state index contributed by atoms with van der Waals surface area (Å²) in [5.41, 5.74) is 27.6. The molecule has 368 valence electrons. The minimum absolute atomic E-state index is 0.0597. The fraction of sp³-hybridized carbons (Fsp3) is 0.286. The Morgan fingerprint density at radius 3 is 1.87 bits per heavy atom. The molecule has 71 heavy (non-hydrogen) atoms. The second kappa shape index (κ2) is 26.0. The van der Waals surface area contributed by atoms with Crippen molar-refractivity contribution in [3.05, 3.63) is 238 Å². The van der Waals surface area contributed by atoms with E-state index >= 15 is 0 Å². The molecule has 0 saturated carbocycles. The number of hydrogen-bond acceptors (Lipinski definition) is 1. The number of rotatable bonds is 9. The third-order valence-corrected chi connectivity index (χ3v) is 13.7. The predicted octanol–water partition coefficient (Wildman–Crippen LogP) is 21.4. The molecule has 0 amide bonds. The van der Waals surface area contributed by atoms with Crippen molar-refractivity contribution in [2.24, 2.45) is 0 Å². The van der Waals surface area contributed by atoms with Gasteiger partial charge in [0.25, 0.3) is 0 Å². The van der Waals surface area contributed by atoms with E-state index in [2.05, 4.69) is 225 Å². The first-order valence-electron chi connectivity index (χ1n) is 26.5. The number of hydrogen-bond donors (Lipinski definition) is 0. The topological polar surface area (TPSA) is 3.24 Å². The molecule has 0 saturated heterocycles. The molecule has 0 unspecified atom stereocenters. The highest BCUT2D eigenvalue weighted by Gasteiger charge is 2.38. The van der Waals surface area contributed by atoms with Crippen molar-refractivity contribution >= 4 is 33.8 Å². The van der Waals surface area contributed by atoms with E-state index in [9.17, 15) is 0 Å². The highest BCUT2D eigenvalue weighted by atomic mass is 15.1. The van der Waals surface area contributed by atoms with Crippen LogP contribution < -0.4 is 4.90 Å². The van der Waals surface area contributed by atoms with Gasteiger partial charge in [0.05, 0.1) is 0 Å². The third kappa shape index (κ3) is 12.3. The van der Waals surface area contributed by atoms with Crippen LogP contribution in [0.5, 0.6) is 0 Å². The van der Waals surface area contributed by atoms with E-state index in [4.69, 9.17) is 0 Å². The average Bonchev–Trinajstić information content (AvgIpc) is 3.62. The van der Waals surface area contributed by atoms with Gasteiger partial charge < -0.3 is 4.90 Å². The maximum atomic E-state index is 4.03. The van der Waals surface area contributed by atoms with E-state index in [0.29, 0.717) is 0 Å². The molecule has 0 fully saturated rings. The molecule has 9 rings (SSSR count). The van der Waals surface area contributed by atoms with Crippen molar-refractivity contribution in [3.8, 4) is 22.3 Å². The summed E-state index contributed by atoms with van der Waals surface area (Å²) in [5.74, 6) is 0. The molecule has 3 aliphatic rings. The quantitative estimate of drug-likeness (QED) is 0.131. The van der Waals surface area contributed by atoms with Crippen LogP contribution in [-0.2, 0) is 5.41 Å². The number of benzene rings is 6. The fourth-order valence-electron chi connectivity index (χ4n) is 10.0. The van der Waals surface area contributed by atoms with E-state index in [-0.39, 0.29) is 5.41 Å². The first kappa shape index (κ1) is 55.2. The molecule has 3 aliphatic carbocycles. The molecular weight excluding hydrogens is 855 g/mol. The molecule has 1 heteroatoms. The van der Waals surface area contributed by atoms with Gasteiger partial charge in [-0.3, -0.25) is 0 Å². The van der Waals surface area contributed by atoms with Crippen molar-refractivity contribution in [2.75, 3.05) is 4.90 Å². The van der Waals surface area contributed by atoms with Crippen molar-refractivity contribution in [2.45, 2.75) is 135 Å². The zero-order valence-corrected chi connectivity index (χ0v) is 46.1. The van der Waals surface area contributed by atoms with Crippen molar-refractivity contribution in [1.82, 2.24) is 0 Å². The summed E-state index contributed by atoms with van der Waals surface area (Å²) in [6, 6.07) is 42.8. The van der Waals surface area contributed by atoms with Crippen LogP contribution in [0.1, 0.15) is 151 Å². The van der Waals surface area contributed by atoms with E-state index in [1.54, 1.807) is 0 Å². The van der Waals surface area contributed by atoms with Crippen LogP contribution in [0.25, 0.3) is 39.0 Å². The zero-order chi connectivity index (χ0) is 51.8. The minimum Gasteiger partial charge on any atom is -0.310 e. The maximum absolute atomic E-state index is 4.03. The lowest BCUT2D eigenvalue weighted by Gasteiger charge is -2.29. The van der Waals surface area contributed by atoms with Gasteiger partial charge in [-0.15, -0.1) is 0 Å². The second-order valence-corrected chi connectivity index (χ2v) is 18.7. The standard InChI is InChI=1S/C41H41N.C23H24.3C2H6/c1-7-9-16-33(8-2)34-23-25-37(26-24-34)42(40-18-13-11-15-31(40)5)41-28-36(22-20-32(41)6)35-21-19-30(4)39(27-35)38-17-12-10-14-29(38)3;1-15-10-12-18-19-13-11-16(2)21(17-8-6-5-7-9-17)22(19)23(3,4)20(18)14-15;3*1-2/h7-9,11-13,15-28H,2,10,14H2,1,3-6H3;6,8-14H,5,7H2,1-4H3;3*1-2H3/b9-7-,33-16+;;;;. The summed E-state index contributed by atoms with van der Waals surface area (Å²) in [7, 11) is 0. The molecule has 0 aromatic heterocycles. The Labute approximate surface area is 431 Å². The van der Waals surface area contributed by atoms with Gasteiger partial charge in [-0.1, -0.05) is 213 Å². The van der Waals surface area contributed by atoms with Gasteiger partial charge in [0, 0.05) is 22.5 Å². The van der Waals surface area contributed by atoms with Crippen LogP contribution in [0.3, 0.4) is 0 Å². The number of allylic oxidation sites excluding steroid dienone is 13. The van der Waals surface area contributed by atoms with Crippen LogP contribution in [0, 0.1) is 34.6 Å². The molecular formula is C70H83N. The van der Waals surface area contributed by atoms with Gasteiger partial charge >= 0.3 is 0 Å². The number of nitrogens with zero attached hydrogens (tertiary/aromatic N) is 1. The predicted molar refractivity (Wildman–Crippen MR) is 319 cm³/mol. The first-order valence-corrected chi connectivity index (χ1v) is 26.5. The number of para-hydroxylation sites is 1. The highest BCUT2D eigenvalue weighted by molar-refractivity contribution is 5.91. The van der Waals surface area contributed by atoms with Crippen LogP contribution in [-0.4, -0.2) is 0 Å². The molecule has 0 N–H and O–H groups in total. The van der Waals surface area contributed by atoms with Crippen LogP contribution >= 0.6 is 0 Å². The Hall–Kier alpha value is -6.70. The monoisotopic (exact) mass is 938 g/mol. The highest BCUT2D eigenvalue weighted by Crippen LogP contribution is 2.52. The lowest BCUT2D eigenvalue weighted by molar-refractivity contribution is 0.657. The summed E-state index contributed by atoms with van der Waals surface area (Å²) >= 11 is 0. The summed E-state index contributed by atoms with van der Waals surface area (Å²) < 4.78 is 0. The molecule has 0 aliphatic heterocycles. The summed E-state index contributed by atoms with van der Waals surface area (Å²) in [5, 5.41) is 0. The Balaban J connectivity index is 0.000000271. The molecule has 0 spiro atoms. The van der Waals surface area contributed by atoms with Gasteiger partial charge in [-0.25, -0.2) is 0 Å². The Morgan fingerprint density at radius 1 is 0.592 bits per heavy atom. The fourth-order valence-corrected chi connectivity index (χ4v) is 10.0. The summed E-state index contributed by atoms with van der Waals surface area (Å²) in [4.78, 5) is 2.40. The SMILES string of the molecule is C=C/C(=C\C=C/C)c1ccc(N(c2ccccc2C)c2cc(-c3ccc(C)c(C4=C(C)CCC=C4)c3)ccc2C)cc1.CC.CC.CC.Cc1ccc2c(c1)C(C)(C)c1c-2ccc(C)c1C1=CCCC=C1. The number of anilines is 3. The van der Waals surface area contributed by atoms with Crippen molar-refractivity contribution in [1.29, 1.82) is 0 Å². The Bertz CT molecular complexity index is 2970. The molecule has 6 aromatic carbocycles. The zero-order valence-electron chi connectivity index (χ0n) is 46.1. The third-order valence-electron chi connectivity index (χ3n) is 13.7. The van der Waals surface area contributed by atoms with Gasteiger partial charge in [-0.2, -0.15) is 0 Å². The number of aryl methyl sites for hydroxylation is 5. The molecule has 0 atom stereocenters. The van der Waals surface area contributed by atoms with Gasteiger partial charge in [0.1, 0.15) is 0 Å². The normalized spacial score (nSPS) is 14.0. The van der Waals surface area contributed by atoms with Crippen molar-refractivity contribution < 1.29 is 0 Å². The molecule has 6 aromatic rings. The molecule has 0 heterocycles. The van der Waals surface area contributed by atoms with Gasteiger partial charge in [-0.05, 0) is 194 Å². The van der Waals surface area contributed by atoms with E-state index in [0.717, 1.165) is 36.1 Å². The maximum Gasteiger partial charge on any atom is 0.0497 e. The van der Waals surface area contributed by atoms with Crippen molar-refractivity contribution in [3.63, 3.8) is 0 Å². The molecule has 1 nitrogen and oxygen atoms in total. The largest absolute Gasteiger partial charge is 0.310 e. The van der Waals surface area contributed by atoms with Crippen LogP contribution in [0.15, 0.2) is 182 Å². The van der Waals surface area contributed by atoms with Gasteiger partial charge in [0.15, 0.2) is 0 Å². The van der Waals surface area contributed by atoms with E-state index in [1.165, 1.54) is 107 Å². The Morgan fingerprint density at radius 2 is 1.23 bits per heavy atom. The Kier molecular flexibility index (Phi) is 20.2. The first-order chi connectivity index (χ1) is 34.4. The molecule has 0 bridgehead atoms. The minimum atomic E-state index is 0.0597. The smallest absolute Gasteiger partial charge is 0.0497 e. The molecule has 0 radical (unpaired) electrons. The van der Waals surface area contributed by atoms with E-state index in [1.807, 2.05) is 60.6 Å². The lowest BCUT2D eigenvalue weighted by Crippen LogP contribution is -2.18. The number of fused-ring (bicyclic) bond motifs is 3.